The van der Waals surface area contributed by atoms with E-state index in [0.717, 1.165) is 7.05 Å². The van der Waals surface area contributed by atoms with Crippen molar-refractivity contribution < 1.29 is 13.2 Å². The molecule has 0 aliphatic heterocycles. The number of hydrogen-bond acceptors (Lipinski definition) is 3. The van der Waals surface area contributed by atoms with Crippen LogP contribution >= 0.6 is 0 Å². The summed E-state index contributed by atoms with van der Waals surface area (Å²) < 4.78 is 38.8. The molecule has 1 aromatic heterocycles. The molecule has 0 aliphatic carbocycles. The summed E-state index contributed by atoms with van der Waals surface area (Å²) in [5.41, 5.74) is 4.99. The van der Waals surface area contributed by atoms with Crippen molar-refractivity contribution in [2.24, 2.45) is 7.05 Å². The Hall–Kier alpha value is -2.25. The molecule has 0 aliphatic rings. The van der Waals surface area contributed by atoms with E-state index in [1.165, 1.54) is 12.1 Å². The van der Waals surface area contributed by atoms with Crippen LogP contribution in [-0.2, 0) is 13.2 Å². The van der Waals surface area contributed by atoms with Crippen LogP contribution in [0.1, 0.15) is 5.82 Å². The van der Waals surface area contributed by atoms with Gasteiger partial charge in [-0.25, -0.2) is 4.79 Å². The molecule has 2 N–H and O–H groups in total. The van der Waals surface area contributed by atoms with E-state index < -0.39 is 17.7 Å². The van der Waals surface area contributed by atoms with E-state index in [-0.39, 0.29) is 11.4 Å². The number of alkyl halides is 3. The zero-order valence-corrected chi connectivity index (χ0v) is 9.27. The molecular weight excluding hydrogens is 249 g/mol. The second-order valence-corrected chi connectivity index (χ2v) is 3.63. The molecule has 18 heavy (non-hydrogen) atoms. The van der Waals surface area contributed by atoms with Crippen LogP contribution < -0.4 is 11.4 Å². The van der Waals surface area contributed by atoms with Crippen LogP contribution in [-0.4, -0.2) is 14.3 Å². The fourth-order valence-electron chi connectivity index (χ4n) is 1.52. The first kappa shape index (κ1) is 12.2. The highest BCUT2D eigenvalue weighted by Gasteiger charge is 2.38. The van der Waals surface area contributed by atoms with E-state index in [0.29, 0.717) is 9.25 Å². The summed E-state index contributed by atoms with van der Waals surface area (Å²) in [5, 5.41) is 3.27. The molecule has 0 saturated heterocycles. The first-order chi connectivity index (χ1) is 8.32. The topological polar surface area (TPSA) is 65.8 Å². The minimum Gasteiger partial charge on any atom is -0.397 e. The first-order valence-electron chi connectivity index (χ1n) is 4.90. The lowest BCUT2D eigenvalue weighted by atomic mass is 10.3. The van der Waals surface area contributed by atoms with Crippen LogP contribution in [0.3, 0.4) is 0 Å². The Morgan fingerprint density at radius 2 is 1.89 bits per heavy atom. The third-order valence-corrected chi connectivity index (χ3v) is 2.40. The second kappa shape index (κ2) is 3.90. The lowest BCUT2D eigenvalue weighted by Crippen LogP contribution is -2.23. The fourth-order valence-corrected chi connectivity index (χ4v) is 1.52. The van der Waals surface area contributed by atoms with E-state index in [4.69, 9.17) is 5.73 Å². The largest absolute Gasteiger partial charge is 0.451 e. The number of aromatic nitrogens is 3. The van der Waals surface area contributed by atoms with Crippen molar-refractivity contribution in [3.05, 3.63) is 40.6 Å². The lowest BCUT2D eigenvalue weighted by molar-refractivity contribution is -0.147. The van der Waals surface area contributed by atoms with Crippen LogP contribution in [0.25, 0.3) is 5.69 Å². The molecule has 1 aromatic carbocycles. The molecule has 0 unspecified atom stereocenters. The van der Waals surface area contributed by atoms with Gasteiger partial charge in [0, 0.05) is 7.05 Å². The predicted octanol–water partition coefficient (Wildman–Crippen LogP) is 1.17. The maximum atomic E-state index is 12.6. The molecule has 8 heteroatoms. The summed E-state index contributed by atoms with van der Waals surface area (Å²) in [7, 11) is 1.01. The maximum absolute atomic E-state index is 12.6. The van der Waals surface area contributed by atoms with Crippen molar-refractivity contribution in [3.8, 4) is 5.69 Å². The van der Waals surface area contributed by atoms with Crippen molar-refractivity contribution in [1.29, 1.82) is 0 Å². The Balaban J connectivity index is 2.69. The third-order valence-electron chi connectivity index (χ3n) is 2.40. The number of hydrogen-bond donors (Lipinski definition) is 1. The Bertz CT molecular complexity index is 641. The first-order valence-corrected chi connectivity index (χ1v) is 4.90. The Morgan fingerprint density at radius 1 is 1.28 bits per heavy atom. The van der Waals surface area contributed by atoms with Gasteiger partial charge in [-0.2, -0.15) is 17.9 Å². The van der Waals surface area contributed by atoms with Crippen molar-refractivity contribution in [3.63, 3.8) is 0 Å². The number of anilines is 1. The average molecular weight is 258 g/mol. The molecule has 2 aromatic rings. The minimum atomic E-state index is -4.69. The van der Waals surface area contributed by atoms with Gasteiger partial charge in [0.25, 0.3) is 0 Å². The van der Waals surface area contributed by atoms with Crippen LogP contribution in [0.5, 0.6) is 0 Å². The van der Waals surface area contributed by atoms with Crippen LogP contribution in [0.15, 0.2) is 29.1 Å². The molecule has 1 heterocycles. The molecule has 0 spiro atoms. The summed E-state index contributed by atoms with van der Waals surface area (Å²) in [4.78, 5) is 11.7. The van der Waals surface area contributed by atoms with Gasteiger partial charge in [0.2, 0.25) is 5.82 Å². The highest BCUT2D eigenvalue weighted by Crippen LogP contribution is 2.26. The predicted molar refractivity (Wildman–Crippen MR) is 58.2 cm³/mol. The van der Waals surface area contributed by atoms with Crippen LogP contribution in [0.4, 0.5) is 18.9 Å². The van der Waals surface area contributed by atoms with Crippen molar-refractivity contribution >= 4 is 5.69 Å². The van der Waals surface area contributed by atoms with Gasteiger partial charge in [0.05, 0.1) is 11.4 Å². The SMILES string of the molecule is Cn1c(C(F)(F)F)nn(-c2ccccc2N)c1=O. The average Bonchev–Trinajstić information content (AvgIpc) is 2.57. The van der Waals surface area contributed by atoms with Crippen LogP contribution in [0.2, 0.25) is 0 Å². The molecule has 0 atom stereocenters. The molecule has 5 nitrogen and oxygen atoms in total. The van der Waals surface area contributed by atoms with E-state index in [1.54, 1.807) is 12.1 Å². The molecular formula is C10H9F3N4O. The summed E-state index contributed by atoms with van der Waals surface area (Å²) in [6.45, 7) is 0. The number of nitrogen functional groups attached to an aromatic ring is 1. The van der Waals surface area contributed by atoms with Gasteiger partial charge in [-0.05, 0) is 12.1 Å². The molecule has 0 bridgehead atoms. The molecule has 0 radical (unpaired) electrons. The van der Waals surface area contributed by atoms with Crippen LogP contribution in [0, 0.1) is 0 Å². The van der Waals surface area contributed by atoms with Gasteiger partial charge in [0.1, 0.15) is 0 Å². The standard InChI is InChI=1S/C10H9F3N4O/c1-16-8(10(11,12)13)15-17(9(16)18)7-5-3-2-4-6(7)14/h2-5H,14H2,1H3. The minimum absolute atomic E-state index is 0.119. The monoisotopic (exact) mass is 258 g/mol. The number of halogens is 3. The van der Waals surface area contributed by atoms with Gasteiger partial charge in [-0.3, -0.25) is 4.57 Å². The smallest absolute Gasteiger partial charge is 0.397 e. The zero-order valence-electron chi connectivity index (χ0n) is 9.27. The normalized spacial score (nSPS) is 11.8. The highest BCUT2D eigenvalue weighted by atomic mass is 19.4. The highest BCUT2D eigenvalue weighted by molar-refractivity contribution is 5.56. The summed E-state index contributed by atoms with van der Waals surface area (Å²) >= 11 is 0. The van der Waals surface area contributed by atoms with Gasteiger partial charge < -0.3 is 5.73 Å². The second-order valence-electron chi connectivity index (χ2n) is 3.63. The molecule has 0 fully saturated rings. The van der Waals surface area contributed by atoms with Gasteiger partial charge in [-0.15, -0.1) is 5.10 Å². The van der Waals surface area contributed by atoms with E-state index in [1.807, 2.05) is 0 Å². The van der Waals surface area contributed by atoms with E-state index in [9.17, 15) is 18.0 Å². The summed E-state index contributed by atoms with van der Waals surface area (Å²) in [6, 6.07) is 6.06. The summed E-state index contributed by atoms with van der Waals surface area (Å²) in [5.74, 6) is -1.27. The molecule has 96 valence electrons. The third kappa shape index (κ3) is 1.85. The Labute approximate surface area is 99.3 Å². The Morgan fingerprint density at radius 3 is 2.39 bits per heavy atom. The number of nitrogens with two attached hydrogens (primary N) is 1. The number of benzene rings is 1. The van der Waals surface area contributed by atoms with Crippen molar-refractivity contribution in [2.45, 2.75) is 6.18 Å². The molecule has 0 amide bonds. The quantitative estimate of drug-likeness (QED) is 0.781. The zero-order chi connectivity index (χ0) is 13.5. The number of para-hydroxylation sites is 2. The van der Waals surface area contributed by atoms with Crippen molar-refractivity contribution in [2.75, 3.05) is 5.73 Å². The Kier molecular flexibility index (Phi) is 2.64. The fraction of sp³-hybridized carbons (Fsp3) is 0.200. The summed E-state index contributed by atoms with van der Waals surface area (Å²) in [6.07, 6.45) is -4.69. The number of nitrogens with zero attached hydrogens (tertiary/aromatic N) is 3. The van der Waals surface area contributed by atoms with Crippen molar-refractivity contribution in [1.82, 2.24) is 14.3 Å². The van der Waals surface area contributed by atoms with E-state index in [2.05, 4.69) is 5.10 Å². The lowest BCUT2D eigenvalue weighted by Gasteiger charge is -2.03. The molecule has 2 rings (SSSR count). The van der Waals surface area contributed by atoms with Gasteiger partial charge in [0.15, 0.2) is 0 Å². The van der Waals surface area contributed by atoms with Gasteiger partial charge >= 0.3 is 11.9 Å². The number of rotatable bonds is 1. The maximum Gasteiger partial charge on any atom is 0.451 e. The van der Waals surface area contributed by atoms with E-state index >= 15 is 0 Å². The molecule has 0 saturated carbocycles. The van der Waals surface area contributed by atoms with Gasteiger partial charge in [-0.1, -0.05) is 12.1 Å².